The number of sulfone groups is 1. The number of carbonyl (C=O) groups excluding carboxylic acids is 1. The molecule has 1 aromatic heterocycles. The van der Waals surface area contributed by atoms with Gasteiger partial charge in [-0.25, -0.2) is 17.2 Å². The molecule has 0 aliphatic carbocycles. The Kier molecular flexibility index (Phi) is 4.56. The summed E-state index contributed by atoms with van der Waals surface area (Å²) in [5.41, 5.74) is -1.18. The van der Waals surface area contributed by atoms with E-state index < -0.39 is 49.7 Å². The molecule has 128 valence electrons. The Morgan fingerprint density at radius 3 is 2.12 bits per heavy atom. The van der Waals surface area contributed by atoms with Crippen molar-refractivity contribution in [3.8, 4) is 0 Å². The average Bonchev–Trinajstić information content (AvgIpc) is 2.45. The van der Waals surface area contributed by atoms with Crippen molar-refractivity contribution in [3.05, 3.63) is 47.5 Å². The quantitative estimate of drug-likeness (QED) is 0.838. The summed E-state index contributed by atoms with van der Waals surface area (Å²) < 4.78 is 76.4. The summed E-state index contributed by atoms with van der Waals surface area (Å²) in [6, 6.07) is 2.93. The maximum Gasteiger partial charge on any atom is 0.350 e. The number of nitrogens with one attached hydrogen (secondary N) is 1. The van der Waals surface area contributed by atoms with Gasteiger partial charge in [0.25, 0.3) is 0 Å². The van der Waals surface area contributed by atoms with Crippen LogP contribution in [0.3, 0.4) is 0 Å². The van der Waals surface area contributed by atoms with Crippen LogP contribution < -0.4 is 5.32 Å². The predicted molar refractivity (Wildman–Crippen MR) is 74.0 cm³/mol. The Morgan fingerprint density at radius 1 is 1.08 bits per heavy atom. The smallest absolute Gasteiger partial charge is 0.304 e. The lowest BCUT2D eigenvalue weighted by Crippen LogP contribution is -2.33. The number of nitrogens with zero attached hydrogens (tertiary/aromatic N) is 2. The van der Waals surface area contributed by atoms with Crippen molar-refractivity contribution in [2.75, 3.05) is 11.6 Å². The fourth-order valence-electron chi connectivity index (χ4n) is 1.65. The maximum absolute atomic E-state index is 14.0. The van der Waals surface area contributed by atoms with Crippen LogP contribution in [0.1, 0.15) is 5.56 Å². The highest BCUT2D eigenvalue weighted by Crippen LogP contribution is 2.30. The van der Waals surface area contributed by atoms with E-state index in [2.05, 4.69) is 10.2 Å². The predicted octanol–water partition coefficient (Wildman–Crippen LogP) is 1.89. The van der Waals surface area contributed by atoms with Crippen LogP contribution in [0.15, 0.2) is 35.4 Å². The molecule has 1 amide bonds. The van der Waals surface area contributed by atoms with Gasteiger partial charge in [-0.3, -0.25) is 4.79 Å². The van der Waals surface area contributed by atoms with Gasteiger partial charge in [0.2, 0.25) is 0 Å². The third-order valence-electron chi connectivity index (χ3n) is 2.77. The highest BCUT2D eigenvalue weighted by Gasteiger charge is 2.42. The molecule has 11 heteroatoms. The highest BCUT2D eigenvalue weighted by molar-refractivity contribution is 7.90. The van der Waals surface area contributed by atoms with Crippen LogP contribution in [0.25, 0.3) is 0 Å². The van der Waals surface area contributed by atoms with E-state index in [0.717, 1.165) is 18.4 Å². The monoisotopic (exact) mass is 363 g/mol. The molecule has 1 N–H and O–H groups in total. The molecule has 1 heterocycles. The van der Waals surface area contributed by atoms with Crippen molar-refractivity contribution in [2.45, 2.75) is 10.9 Å². The zero-order valence-electron chi connectivity index (χ0n) is 11.9. The van der Waals surface area contributed by atoms with Crippen molar-refractivity contribution < 1.29 is 30.8 Å². The van der Waals surface area contributed by atoms with Crippen molar-refractivity contribution in [1.29, 1.82) is 0 Å². The van der Waals surface area contributed by atoms with Gasteiger partial charge in [-0.15, -0.1) is 10.2 Å². The van der Waals surface area contributed by atoms with E-state index in [9.17, 15) is 30.8 Å². The summed E-state index contributed by atoms with van der Waals surface area (Å²) in [5, 5.41) is 7.83. The molecule has 2 rings (SSSR count). The van der Waals surface area contributed by atoms with Crippen LogP contribution in [0.2, 0.25) is 0 Å². The van der Waals surface area contributed by atoms with Gasteiger partial charge in [-0.1, -0.05) is 0 Å². The van der Waals surface area contributed by atoms with Crippen LogP contribution in [0, 0.1) is 11.6 Å². The first-order chi connectivity index (χ1) is 11.0. The van der Waals surface area contributed by atoms with E-state index in [1.54, 1.807) is 5.32 Å². The molecular formula is C13H9F4N3O3S. The molecule has 0 spiro atoms. The first-order valence-electron chi connectivity index (χ1n) is 6.20. The van der Waals surface area contributed by atoms with Crippen LogP contribution in [0.4, 0.5) is 23.4 Å². The minimum Gasteiger partial charge on any atom is -0.304 e. The zero-order chi connectivity index (χ0) is 18.1. The van der Waals surface area contributed by atoms with E-state index >= 15 is 0 Å². The molecule has 0 unspecified atom stereocenters. The SMILES string of the molecule is CS(=O)(=O)c1ccc(NC(=O)C(F)(F)c2cc(F)cc(F)c2)nn1. The minimum atomic E-state index is -4.25. The van der Waals surface area contributed by atoms with Crippen molar-refractivity contribution >= 4 is 21.6 Å². The molecular weight excluding hydrogens is 354 g/mol. The van der Waals surface area contributed by atoms with Gasteiger partial charge in [-0.2, -0.15) is 8.78 Å². The Bertz CT molecular complexity index is 866. The second-order valence-corrected chi connectivity index (χ2v) is 6.68. The number of halogens is 4. The van der Waals surface area contributed by atoms with Crippen molar-refractivity contribution in [2.24, 2.45) is 0 Å². The number of alkyl halides is 2. The van der Waals surface area contributed by atoms with E-state index in [-0.39, 0.29) is 0 Å². The van der Waals surface area contributed by atoms with Gasteiger partial charge >= 0.3 is 11.8 Å². The van der Waals surface area contributed by atoms with E-state index in [0.29, 0.717) is 18.2 Å². The average molecular weight is 363 g/mol. The molecule has 0 atom stereocenters. The Morgan fingerprint density at radius 2 is 1.67 bits per heavy atom. The maximum atomic E-state index is 14.0. The zero-order valence-corrected chi connectivity index (χ0v) is 12.7. The van der Waals surface area contributed by atoms with Gasteiger partial charge < -0.3 is 5.32 Å². The molecule has 0 radical (unpaired) electrons. The molecule has 0 saturated carbocycles. The summed E-state index contributed by atoms with van der Waals surface area (Å²) in [6.45, 7) is 0. The standard InChI is InChI=1S/C13H9F4N3O3S/c1-24(22,23)11-3-2-10(19-20-11)18-12(21)13(16,17)7-4-8(14)6-9(15)5-7/h2-6H,1H3,(H,18,19,21). The Hall–Kier alpha value is -2.56. The molecule has 0 saturated heterocycles. The molecule has 24 heavy (non-hydrogen) atoms. The lowest BCUT2D eigenvalue weighted by molar-refractivity contribution is -0.141. The minimum absolute atomic E-state index is 0.321. The summed E-state index contributed by atoms with van der Waals surface area (Å²) in [5.74, 6) is -9.15. The summed E-state index contributed by atoms with van der Waals surface area (Å²) in [4.78, 5) is 11.6. The number of hydrogen-bond donors (Lipinski definition) is 1. The van der Waals surface area contributed by atoms with Crippen molar-refractivity contribution in [1.82, 2.24) is 10.2 Å². The van der Waals surface area contributed by atoms with Crippen LogP contribution >= 0.6 is 0 Å². The highest BCUT2D eigenvalue weighted by atomic mass is 32.2. The summed E-state index contributed by atoms with van der Waals surface area (Å²) in [7, 11) is -3.65. The fraction of sp³-hybridized carbons (Fsp3) is 0.154. The molecule has 6 nitrogen and oxygen atoms in total. The number of benzene rings is 1. The third kappa shape index (κ3) is 3.85. The molecule has 0 aliphatic heterocycles. The molecule has 0 fully saturated rings. The number of aromatic nitrogens is 2. The fourth-order valence-corrected chi connectivity index (χ4v) is 2.15. The first kappa shape index (κ1) is 17.8. The largest absolute Gasteiger partial charge is 0.350 e. The first-order valence-corrected chi connectivity index (χ1v) is 8.09. The lowest BCUT2D eigenvalue weighted by Gasteiger charge is -2.16. The third-order valence-corrected chi connectivity index (χ3v) is 3.75. The summed E-state index contributed by atoms with van der Waals surface area (Å²) >= 11 is 0. The van der Waals surface area contributed by atoms with Crippen LogP contribution in [-0.2, 0) is 20.6 Å². The van der Waals surface area contributed by atoms with E-state index in [1.165, 1.54) is 0 Å². The van der Waals surface area contributed by atoms with Crippen LogP contribution in [-0.4, -0.2) is 30.8 Å². The molecule has 1 aromatic carbocycles. The van der Waals surface area contributed by atoms with Gasteiger partial charge in [0.05, 0.1) is 0 Å². The molecule has 0 bridgehead atoms. The second-order valence-electron chi connectivity index (χ2n) is 4.72. The number of hydrogen-bond acceptors (Lipinski definition) is 5. The lowest BCUT2D eigenvalue weighted by atomic mass is 10.1. The van der Waals surface area contributed by atoms with Crippen molar-refractivity contribution in [3.63, 3.8) is 0 Å². The van der Waals surface area contributed by atoms with Gasteiger partial charge in [-0.05, 0) is 24.3 Å². The van der Waals surface area contributed by atoms with E-state index in [1.807, 2.05) is 0 Å². The summed E-state index contributed by atoms with van der Waals surface area (Å²) in [6.07, 6.45) is 0.863. The number of anilines is 1. The van der Waals surface area contributed by atoms with E-state index in [4.69, 9.17) is 0 Å². The molecule has 2 aromatic rings. The number of amides is 1. The number of carbonyl (C=O) groups is 1. The van der Waals surface area contributed by atoms with Gasteiger partial charge in [0.1, 0.15) is 11.6 Å². The van der Waals surface area contributed by atoms with Crippen LogP contribution in [0.5, 0.6) is 0 Å². The van der Waals surface area contributed by atoms with Gasteiger partial charge in [0.15, 0.2) is 20.7 Å². The molecule has 0 aliphatic rings. The Labute approximate surface area is 133 Å². The second kappa shape index (κ2) is 6.15. The Balaban J connectivity index is 2.24. The van der Waals surface area contributed by atoms with Gasteiger partial charge in [0, 0.05) is 17.9 Å². The number of rotatable bonds is 4. The topological polar surface area (TPSA) is 89.0 Å². The normalized spacial score (nSPS) is 12.0.